The molecule has 3 nitrogen and oxygen atoms in total. The summed E-state index contributed by atoms with van der Waals surface area (Å²) in [6.45, 7) is 12.7. The maximum Gasteiger partial charge on any atom is 0.166 e. The average molecular weight is 433 g/mol. The fourth-order valence-corrected chi connectivity index (χ4v) is 6.99. The first kappa shape index (κ1) is 23.8. The molecule has 168 valence electrons. The lowest BCUT2D eigenvalue weighted by Crippen LogP contribution is -2.33. The second kappa shape index (κ2) is 8.97. The number of fused-ring (bicyclic) bond motifs is 1. The van der Waals surface area contributed by atoms with Gasteiger partial charge in [0.15, 0.2) is 5.79 Å². The molecule has 0 aliphatic heterocycles. The van der Waals surface area contributed by atoms with Crippen molar-refractivity contribution >= 4 is 11.8 Å². The van der Waals surface area contributed by atoms with Crippen LogP contribution >= 0.6 is 11.8 Å². The molecular formula is C26H40O3S. The van der Waals surface area contributed by atoms with Crippen LogP contribution in [0.1, 0.15) is 79.1 Å². The minimum absolute atomic E-state index is 0.213. The van der Waals surface area contributed by atoms with E-state index in [4.69, 9.17) is 0 Å². The summed E-state index contributed by atoms with van der Waals surface area (Å²) in [5, 5.41) is 30.6. The Bertz CT molecular complexity index is 753. The largest absolute Gasteiger partial charge is 0.390 e. The molecule has 0 aromatic carbocycles. The predicted octanol–water partition coefficient (Wildman–Crippen LogP) is 5.68. The van der Waals surface area contributed by atoms with E-state index in [1.165, 1.54) is 18.4 Å². The van der Waals surface area contributed by atoms with Crippen molar-refractivity contribution in [3.63, 3.8) is 0 Å². The van der Waals surface area contributed by atoms with E-state index >= 15 is 0 Å². The fourth-order valence-electron chi connectivity index (χ4n) is 5.47. The first-order valence-electron chi connectivity index (χ1n) is 11.5. The van der Waals surface area contributed by atoms with E-state index in [1.54, 1.807) is 5.57 Å². The van der Waals surface area contributed by atoms with Crippen LogP contribution in [-0.4, -0.2) is 37.7 Å². The first-order chi connectivity index (χ1) is 13.9. The van der Waals surface area contributed by atoms with Crippen molar-refractivity contribution in [2.75, 3.05) is 5.75 Å². The lowest BCUT2D eigenvalue weighted by molar-refractivity contribution is -0.166. The summed E-state index contributed by atoms with van der Waals surface area (Å²) in [5.41, 5.74) is 4.71. The van der Waals surface area contributed by atoms with Crippen LogP contribution in [0.5, 0.6) is 0 Å². The van der Waals surface area contributed by atoms with Crippen molar-refractivity contribution in [1.29, 1.82) is 0 Å². The zero-order valence-electron chi connectivity index (χ0n) is 19.2. The zero-order valence-corrected chi connectivity index (χ0v) is 20.0. The van der Waals surface area contributed by atoms with Crippen LogP contribution in [0.2, 0.25) is 0 Å². The van der Waals surface area contributed by atoms with Gasteiger partial charge in [0, 0.05) is 18.1 Å². The van der Waals surface area contributed by atoms with Crippen molar-refractivity contribution in [2.45, 2.75) is 95.7 Å². The Morgan fingerprint density at radius 1 is 1.27 bits per heavy atom. The molecule has 2 saturated carbocycles. The van der Waals surface area contributed by atoms with Crippen LogP contribution in [0.3, 0.4) is 0 Å². The molecule has 3 rings (SSSR count). The maximum absolute atomic E-state index is 10.0. The Balaban J connectivity index is 1.71. The third-order valence-electron chi connectivity index (χ3n) is 7.38. The van der Waals surface area contributed by atoms with Gasteiger partial charge in [0.05, 0.1) is 5.60 Å². The molecule has 0 radical (unpaired) electrons. The van der Waals surface area contributed by atoms with Gasteiger partial charge in [-0.15, -0.1) is 0 Å². The zero-order chi connectivity index (χ0) is 22.2. The normalized spacial score (nSPS) is 33.0. The summed E-state index contributed by atoms with van der Waals surface area (Å²) in [4.78, 5) is 0. The second-order valence-corrected chi connectivity index (χ2v) is 11.9. The Morgan fingerprint density at radius 3 is 2.70 bits per heavy atom. The molecule has 0 aromatic rings. The van der Waals surface area contributed by atoms with Crippen molar-refractivity contribution in [3.05, 3.63) is 47.1 Å². The number of hydrogen-bond donors (Lipinski definition) is 3. The molecule has 0 spiro atoms. The highest BCUT2D eigenvalue weighted by atomic mass is 32.2. The van der Waals surface area contributed by atoms with E-state index in [0.29, 0.717) is 24.0 Å². The smallest absolute Gasteiger partial charge is 0.166 e. The van der Waals surface area contributed by atoms with E-state index in [9.17, 15) is 15.3 Å². The predicted molar refractivity (Wildman–Crippen MR) is 127 cm³/mol. The van der Waals surface area contributed by atoms with Gasteiger partial charge in [-0.1, -0.05) is 48.5 Å². The topological polar surface area (TPSA) is 60.7 Å². The number of thioether (sulfide) groups is 1. The molecule has 3 atom stereocenters. The summed E-state index contributed by atoms with van der Waals surface area (Å²) in [6.07, 6.45) is 13.6. The Labute approximate surface area is 187 Å². The molecule has 0 bridgehead atoms. The van der Waals surface area contributed by atoms with E-state index in [1.807, 2.05) is 25.6 Å². The van der Waals surface area contributed by atoms with Gasteiger partial charge in [0.1, 0.15) is 0 Å². The minimum Gasteiger partial charge on any atom is -0.390 e. The third-order valence-corrected chi connectivity index (χ3v) is 8.58. The molecule has 0 unspecified atom stereocenters. The van der Waals surface area contributed by atoms with Gasteiger partial charge in [-0.25, -0.2) is 0 Å². The van der Waals surface area contributed by atoms with Crippen LogP contribution in [0.25, 0.3) is 0 Å². The van der Waals surface area contributed by atoms with Crippen molar-refractivity contribution < 1.29 is 15.3 Å². The van der Waals surface area contributed by atoms with Crippen molar-refractivity contribution in [3.8, 4) is 0 Å². The molecular weight excluding hydrogens is 392 g/mol. The standard InChI is InChI=1S/C26H40O3S/c1-18-12-14-26(28,29)17-21(18)9-8-20-7-6-13-25(5)22(10-11-23(20)25)19(2)30-16-15-24(3,4)27/h8-10,19,23,27-29H,1,6-7,11-17H2,2-5H3/t19-,23-,25+/m0/s1. The average Bonchev–Trinajstić information content (AvgIpc) is 2.99. The maximum atomic E-state index is 10.0. The molecule has 2 fully saturated rings. The SMILES string of the molecule is C=C1CCC(O)(O)CC1=CC=C1CCC[C@]2(C)C([C@H](C)SCCC(C)(C)O)=CC[C@@H]12. The van der Waals surface area contributed by atoms with E-state index in [-0.39, 0.29) is 11.8 Å². The highest BCUT2D eigenvalue weighted by Gasteiger charge is 2.46. The van der Waals surface area contributed by atoms with Gasteiger partial charge >= 0.3 is 0 Å². The Morgan fingerprint density at radius 2 is 2.00 bits per heavy atom. The lowest BCUT2D eigenvalue weighted by Gasteiger charge is -2.42. The van der Waals surface area contributed by atoms with Crippen LogP contribution in [0.15, 0.2) is 47.1 Å². The molecule has 0 amide bonds. The van der Waals surface area contributed by atoms with Gasteiger partial charge in [-0.2, -0.15) is 11.8 Å². The molecule has 3 N–H and O–H groups in total. The number of rotatable bonds is 6. The van der Waals surface area contributed by atoms with Gasteiger partial charge in [0.2, 0.25) is 0 Å². The Kier molecular flexibility index (Phi) is 7.13. The summed E-state index contributed by atoms with van der Waals surface area (Å²) < 4.78 is 0. The van der Waals surface area contributed by atoms with Gasteiger partial charge in [0.25, 0.3) is 0 Å². The van der Waals surface area contributed by atoms with E-state index in [0.717, 1.165) is 36.2 Å². The van der Waals surface area contributed by atoms with Gasteiger partial charge in [-0.3, -0.25) is 0 Å². The molecule has 0 saturated heterocycles. The van der Waals surface area contributed by atoms with Crippen LogP contribution in [0.4, 0.5) is 0 Å². The summed E-state index contributed by atoms with van der Waals surface area (Å²) in [7, 11) is 0. The molecule has 4 heteroatoms. The minimum atomic E-state index is -1.59. The van der Waals surface area contributed by atoms with Crippen molar-refractivity contribution in [1.82, 2.24) is 0 Å². The number of allylic oxidation sites excluding steroid dienone is 5. The van der Waals surface area contributed by atoms with Crippen LogP contribution in [-0.2, 0) is 0 Å². The van der Waals surface area contributed by atoms with Gasteiger partial charge < -0.3 is 15.3 Å². The van der Waals surface area contributed by atoms with Crippen LogP contribution in [0, 0.1) is 11.3 Å². The Hall–Kier alpha value is -0.810. The molecule has 0 aromatic heterocycles. The monoisotopic (exact) mass is 432 g/mol. The molecule has 30 heavy (non-hydrogen) atoms. The van der Waals surface area contributed by atoms with E-state index < -0.39 is 11.4 Å². The first-order valence-corrected chi connectivity index (χ1v) is 12.5. The highest BCUT2D eigenvalue weighted by Crippen LogP contribution is 2.56. The lowest BCUT2D eigenvalue weighted by atomic mass is 9.64. The summed E-state index contributed by atoms with van der Waals surface area (Å²) in [5.74, 6) is -0.0749. The number of aliphatic hydroxyl groups is 3. The third kappa shape index (κ3) is 5.51. The van der Waals surface area contributed by atoms with Gasteiger partial charge in [-0.05, 0) is 82.0 Å². The molecule has 3 aliphatic carbocycles. The summed E-state index contributed by atoms with van der Waals surface area (Å²) >= 11 is 1.97. The van der Waals surface area contributed by atoms with Crippen LogP contribution < -0.4 is 0 Å². The summed E-state index contributed by atoms with van der Waals surface area (Å²) in [6, 6.07) is 0. The second-order valence-electron chi connectivity index (χ2n) is 10.5. The molecule has 0 heterocycles. The fraction of sp³-hybridized carbons (Fsp3) is 0.692. The van der Waals surface area contributed by atoms with Crippen molar-refractivity contribution in [2.24, 2.45) is 11.3 Å². The number of hydrogen-bond acceptors (Lipinski definition) is 4. The quantitative estimate of drug-likeness (QED) is 0.373. The van der Waals surface area contributed by atoms with E-state index in [2.05, 4.69) is 38.7 Å². The molecule has 3 aliphatic rings. The highest BCUT2D eigenvalue weighted by molar-refractivity contribution is 8.00.